The maximum Gasteiger partial charge on any atom is 0.230 e. The monoisotopic (exact) mass is 358 g/mol. The summed E-state index contributed by atoms with van der Waals surface area (Å²) in [5.74, 6) is 0.489. The molecule has 2 heterocycles. The number of halogens is 1. The fourth-order valence-corrected chi connectivity index (χ4v) is 4.76. The molecule has 2 atom stereocenters. The van der Waals surface area contributed by atoms with Gasteiger partial charge in [0.25, 0.3) is 0 Å². The number of hydrogen-bond acceptors (Lipinski definition) is 2. The predicted octanol–water partition coefficient (Wildman–Crippen LogP) is 4.58. The molecule has 1 saturated heterocycles. The number of carbonyl (C=O) groups excluding carboxylic acids is 2. The van der Waals surface area contributed by atoms with E-state index in [1.165, 1.54) is 25.7 Å². The standard InChI is InChI=1S/C20H23ClN2O2/c21-14-7-8-17-15(10-14)16(12-22-17)19(24)11-20(25)23-9-3-5-13-4-1-2-6-18(13)23/h7-8,10,12-13,18,22H,1-6,9,11H2. The SMILES string of the molecule is O=C(CC(=O)N1CCCC2CCCCC21)c1c[nH]c2ccc(Cl)cc12. The van der Waals surface area contributed by atoms with Gasteiger partial charge in [0, 0.05) is 40.3 Å². The lowest BCUT2D eigenvalue weighted by Gasteiger charge is -2.44. The van der Waals surface area contributed by atoms with Crippen LogP contribution in [0.1, 0.15) is 55.3 Å². The van der Waals surface area contributed by atoms with Gasteiger partial charge in [-0.1, -0.05) is 24.4 Å². The number of aromatic amines is 1. The van der Waals surface area contributed by atoms with Crippen molar-refractivity contribution in [1.29, 1.82) is 0 Å². The topological polar surface area (TPSA) is 53.2 Å². The van der Waals surface area contributed by atoms with Gasteiger partial charge in [0.05, 0.1) is 6.42 Å². The number of ketones is 1. The van der Waals surface area contributed by atoms with Gasteiger partial charge < -0.3 is 9.88 Å². The summed E-state index contributed by atoms with van der Waals surface area (Å²) in [6.07, 6.45) is 8.71. The van der Waals surface area contributed by atoms with Crippen LogP contribution in [0.3, 0.4) is 0 Å². The number of Topliss-reactive ketones (excluding diaryl/α,β-unsaturated/α-hetero) is 1. The van der Waals surface area contributed by atoms with Gasteiger partial charge in [-0.25, -0.2) is 0 Å². The van der Waals surface area contributed by atoms with Crippen LogP contribution in [0.25, 0.3) is 10.9 Å². The van der Waals surface area contributed by atoms with Crippen LogP contribution in [-0.4, -0.2) is 34.2 Å². The first-order chi connectivity index (χ1) is 12.1. The third-order valence-corrected chi connectivity index (χ3v) is 6.05. The fraction of sp³-hybridized carbons (Fsp3) is 0.500. The van der Waals surface area contributed by atoms with Crippen LogP contribution in [0.15, 0.2) is 24.4 Å². The third kappa shape index (κ3) is 3.20. The molecule has 132 valence electrons. The molecule has 0 radical (unpaired) electrons. The molecule has 2 unspecified atom stereocenters. The van der Waals surface area contributed by atoms with Crippen molar-refractivity contribution < 1.29 is 9.59 Å². The molecule has 4 nitrogen and oxygen atoms in total. The number of carbonyl (C=O) groups is 2. The second-order valence-electron chi connectivity index (χ2n) is 7.33. The van der Waals surface area contributed by atoms with Crippen molar-refractivity contribution in [3.63, 3.8) is 0 Å². The highest BCUT2D eigenvalue weighted by Crippen LogP contribution is 2.35. The second kappa shape index (κ2) is 6.83. The zero-order valence-corrected chi connectivity index (χ0v) is 15.0. The Morgan fingerprint density at radius 3 is 2.84 bits per heavy atom. The van der Waals surface area contributed by atoms with Crippen LogP contribution in [0.5, 0.6) is 0 Å². The Morgan fingerprint density at radius 2 is 1.96 bits per heavy atom. The Labute approximate surface area is 152 Å². The van der Waals surface area contributed by atoms with Gasteiger partial charge in [-0.05, 0) is 49.8 Å². The summed E-state index contributed by atoms with van der Waals surface area (Å²) in [5, 5.41) is 1.38. The lowest BCUT2D eigenvalue weighted by atomic mass is 9.78. The minimum absolute atomic E-state index is 0.0158. The number of benzene rings is 1. The molecule has 2 aromatic rings. The van der Waals surface area contributed by atoms with Gasteiger partial charge in [0.1, 0.15) is 0 Å². The zero-order chi connectivity index (χ0) is 17.4. The number of nitrogens with zero attached hydrogens (tertiary/aromatic N) is 1. The Hall–Kier alpha value is -1.81. The molecule has 5 heteroatoms. The summed E-state index contributed by atoms with van der Waals surface area (Å²) in [6.45, 7) is 0.799. The van der Waals surface area contributed by atoms with Crippen LogP contribution >= 0.6 is 11.6 Å². The van der Waals surface area contributed by atoms with E-state index in [0.717, 1.165) is 30.3 Å². The van der Waals surface area contributed by atoms with Crippen molar-refractivity contribution in [2.45, 2.75) is 51.0 Å². The molecular weight excluding hydrogens is 336 g/mol. The van der Waals surface area contributed by atoms with E-state index in [0.29, 0.717) is 22.5 Å². The summed E-state index contributed by atoms with van der Waals surface area (Å²) in [7, 11) is 0. The average Bonchev–Trinajstić information content (AvgIpc) is 3.04. The Kier molecular flexibility index (Phi) is 4.55. The molecule has 1 amide bonds. The van der Waals surface area contributed by atoms with E-state index >= 15 is 0 Å². The fourth-order valence-electron chi connectivity index (χ4n) is 4.59. The van der Waals surface area contributed by atoms with E-state index in [4.69, 9.17) is 11.6 Å². The minimum Gasteiger partial charge on any atom is -0.360 e. The molecule has 1 aliphatic heterocycles. The number of piperidine rings is 1. The van der Waals surface area contributed by atoms with Gasteiger partial charge >= 0.3 is 0 Å². The summed E-state index contributed by atoms with van der Waals surface area (Å²) in [6, 6.07) is 5.77. The molecule has 1 aromatic carbocycles. The number of H-pyrrole nitrogens is 1. The molecule has 0 spiro atoms. The molecule has 2 fully saturated rings. The smallest absolute Gasteiger partial charge is 0.230 e. The number of likely N-dealkylation sites (tertiary alicyclic amines) is 1. The van der Waals surface area contributed by atoms with Crippen molar-refractivity contribution in [2.24, 2.45) is 5.92 Å². The van der Waals surface area contributed by atoms with Crippen LogP contribution in [-0.2, 0) is 4.79 Å². The average molecular weight is 359 g/mol. The first-order valence-electron chi connectivity index (χ1n) is 9.23. The highest BCUT2D eigenvalue weighted by Gasteiger charge is 2.36. The number of nitrogens with one attached hydrogen (secondary N) is 1. The van der Waals surface area contributed by atoms with Crippen LogP contribution in [0.2, 0.25) is 5.02 Å². The maximum atomic E-state index is 12.8. The summed E-state index contributed by atoms with van der Waals surface area (Å²) < 4.78 is 0. The predicted molar refractivity (Wildman–Crippen MR) is 98.9 cm³/mol. The van der Waals surface area contributed by atoms with Crippen LogP contribution in [0, 0.1) is 5.92 Å². The normalized spacial score (nSPS) is 23.5. The molecule has 25 heavy (non-hydrogen) atoms. The molecule has 1 aliphatic carbocycles. The van der Waals surface area contributed by atoms with E-state index in [2.05, 4.69) is 4.98 Å². The number of amides is 1. The Morgan fingerprint density at radius 1 is 1.16 bits per heavy atom. The minimum atomic E-state index is -0.128. The molecule has 2 aliphatic rings. The molecule has 1 saturated carbocycles. The number of rotatable bonds is 3. The van der Waals surface area contributed by atoms with E-state index in [1.807, 2.05) is 11.0 Å². The first kappa shape index (κ1) is 16.6. The van der Waals surface area contributed by atoms with Crippen molar-refractivity contribution in [3.8, 4) is 0 Å². The first-order valence-corrected chi connectivity index (χ1v) is 9.60. The second-order valence-corrected chi connectivity index (χ2v) is 7.77. The Bertz CT molecular complexity index is 811. The molecule has 0 bridgehead atoms. The van der Waals surface area contributed by atoms with E-state index in [-0.39, 0.29) is 18.1 Å². The Balaban J connectivity index is 1.51. The van der Waals surface area contributed by atoms with Crippen molar-refractivity contribution in [2.75, 3.05) is 6.54 Å². The highest BCUT2D eigenvalue weighted by molar-refractivity contribution is 6.31. The van der Waals surface area contributed by atoms with Crippen molar-refractivity contribution in [3.05, 3.63) is 35.0 Å². The van der Waals surface area contributed by atoms with Gasteiger partial charge in [-0.2, -0.15) is 0 Å². The summed E-state index contributed by atoms with van der Waals surface area (Å²) >= 11 is 6.06. The number of fused-ring (bicyclic) bond motifs is 2. The van der Waals surface area contributed by atoms with Gasteiger partial charge in [0.2, 0.25) is 5.91 Å². The van der Waals surface area contributed by atoms with Crippen molar-refractivity contribution >= 4 is 34.2 Å². The highest BCUT2D eigenvalue weighted by atomic mass is 35.5. The summed E-state index contributed by atoms with van der Waals surface area (Å²) in [4.78, 5) is 30.6. The lowest BCUT2D eigenvalue weighted by molar-refractivity contribution is -0.136. The van der Waals surface area contributed by atoms with Gasteiger partial charge in [-0.15, -0.1) is 0 Å². The molecular formula is C20H23ClN2O2. The van der Waals surface area contributed by atoms with Gasteiger partial charge in [0.15, 0.2) is 5.78 Å². The molecule has 1 N–H and O–H groups in total. The quantitative estimate of drug-likeness (QED) is 0.645. The number of hydrogen-bond donors (Lipinski definition) is 1. The number of aromatic nitrogens is 1. The van der Waals surface area contributed by atoms with E-state index < -0.39 is 0 Å². The maximum absolute atomic E-state index is 12.8. The lowest BCUT2D eigenvalue weighted by Crippen LogP contribution is -2.50. The van der Waals surface area contributed by atoms with E-state index in [1.54, 1.807) is 18.3 Å². The largest absolute Gasteiger partial charge is 0.360 e. The zero-order valence-electron chi connectivity index (χ0n) is 14.3. The summed E-state index contributed by atoms with van der Waals surface area (Å²) in [5.41, 5.74) is 1.42. The molecule has 4 rings (SSSR count). The van der Waals surface area contributed by atoms with E-state index in [9.17, 15) is 9.59 Å². The molecule has 1 aromatic heterocycles. The van der Waals surface area contributed by atoms with Crippen molar-refractivity contribution in [1.82, 2.24) is 9.88 Å². The van der Waals surface area contributed by atoms with Gasteiger partial charge in [-0.3, -0.25) is 9.59 Å². The van der Waals surface area contributed by atoms with Crippen LogP contribution < -0.4 is 0 Å². The third-order valence-electron chi connectivity index (χ3n) is 5.82. The van der Waals surface area contributed by atoms with Crippen LogP contribution in [0.4, 0.5) is 0 Å².